The molecule has 2 N–H and O–H groups in total. The summed E-state index contributed by atoms with van der Waals surface area (Å²) in [4.78, 5) is 4.92. The number of phenols is 1. The van der Waals surface area contributed by atoms with Gasteiger partial charge in [0, 0.05) is 5.28 Å². The van der Waals surface area contributed by atoms with Crippen molar-refractivity contribution in [1.29, 1.82) is 0 Å². The molecule has 0 bridgehead atoms. The molecule has 0 aliphatic carbocycles. The molecule has 0 amide bonds. The lowest BCUT2D eigenvalue weighted by atomic mass is 10.2. The van der Waals surface area contributed by atoms with Gasteiger partial charge in [0.05, 0.1) is 6.10 Å². The minimum atomic E-state index is -0.270. The number of aliphatic hydroxyl groups excluding tert-OH is 1. The molecule has 1 aromatic rings. The molecule has 0 saturated carbocycles. The molecule has 17 heavy (non-hydrogen) atoms. The highest BCUT2D eigenvalue weighted by atomic mass is 16.6. The Kier molecular flexibility index (Phi) is 6.03. The minimum absolute atomic E-state index is 0.0706. The molecule has 0 aliphatic rings. The van der Waals surface area contributed by atoms with Crippen molar-refractivity contribution >= 4 is 5.69 Å². The number of para-hydroxylation sites is 1. The van der Waals surface area contributed by atoms with Gasteiger partial charge in [0.15, 0.2) is 0 Å². The van der Waals surface area contributed by atoms with E-state index in [0.29, 0.717) is 18.7 Å². The van der Waals surface area contributed by atoms with Crippen LogP contribution in [0.5, 0.6) is 5.75 Å². The van der Waals surface area contributed by atoms with Gasteiger partial charge < -0.3 is 15.1 Å². The molecule has 1 aromatic carbocycles. The maximum atomic E-state index is 9.38. The van der Waals surface area contributed by atoms with Gasteiger partial charge in [-0.2, -0.15) is 0 Å². The molecule has 1 rings (SSSR count). The van der Waals surface area contributed by atoms with Gasteiger partial charge in [-0.15, -0.1) is 5.11 Å². The zero-order chi connectivity index (χ0) is 12.5. The first-order valence-corrected chi connectivity index (χ1v) is 5.73. The van der Waals surface area contributed by atoms with Gasteiger partial charge in [-0.1, -0.05) is 19.1 Å². The summed E-state index contributed by atoms with van der Waals surface area (Å²) in [5.74, 6) is 0.0706. The summed E-state index contributed by atoms with van der Waals surface area (Å²) in [6.45, 7) is 2.34. The second kappa shape index (κ2) is 7.62. The van der Waals surface area contributed by atoms with E-state index < -0.39 is 0 Å². The molecule has 5 nitrogen and oxygen atoms in total. The lowest BCUT2D eigenvalue weighted by Crippen LogP contribution is -2.05. The molecular formula is C12H18N2O3. The van der Waals surface area contributed by atoms with E-state index in [1.54, 1.807) is 18.2 Å². The highest BCUT2D eigenvalue weighted by molar-refractivity contribution is 5.49. The van der Waals surface area contributed by atoms with Crippen molar-refractivity contribution < 1.29 is 15.1 Å². The topological polar surface area (TPSA) is 74.4 Å². The van der Waals surface area contributed by atoms with Crippen LogP contribution in [0.2, 0.25) is 0 Å². The summed E-state index contributed by atoms with van der Waals surface area (Å²) in [6, 6.07) is 6.64. The zero-order valence-electron chi connectivity index (χ0n) is 9.91. The van der Waals surface area contributed by atoms with E-state index in [4.69, 9.17) is 4.84 Å². The Hall–Kier alpha value is -1.62. The Morgan fingerprint density at radius 1 is 1.35 bits per heavy atom. The van der Waals surface area contributed by atoms with Crippen LogP contribution in [0.4, 0.5) is 5.69 Å². The third-order valence-electron chi connectivity index (χ3n) is 2.33. The third kappa shape index (κ3) is 5.31. The maximum absolute atomic E-state index is 9.38. The SMILES string of the molecule is CCC(O)CCCON=Nc1ccccc1O. The van der Waals surface area contributed by atoms with Gasteiger partial charge in [-0.05, 0) is 31.4 Å². The Bertz CT molecular complexity index is 355. The van der Waals surface area contributed by atoms with Crippen molar-refractivity contribution in [2.45, 2.75) is 32.3 Å². The Morgan fingerprint density at radius 3 is 2.82 bits per heavy atom. The fourth-order valence-corrected chi connectivity index (χ4v) is 1.25. The number of aliphatic hydroxyl groups is 1. The predicted molar refractivity (Wildman–Crippen MR) is 64.1 cm³/mol. The lowest BCUT2D eigenvalue weighted by Gasteiger charge is -2.05. The lowest BCUT2D eigenvalue weighted by molar-refractivity contribution is 0.0993. The average Bonchev–Trinajstić information content (AvgIpc) is 2.35. The fraction of sp³-hybridized carbons (Fsp3) is 0.500. The first kappa shape index (κ1) is 13.4. The van der Waals surface area contributed by atoms with Crippen molar-refractivity contribution in [3.63, 3.8) is 0 Å². The van der Waals surface area contributed by atoms with Crippen molar-refractivity contribution in [2.75, 3.05) is 6.61 Å². The molecule has 1 unspecified atom stereocenters. The number of phenolic OH excluding ortho intramolecular Hbond substituents is 1. The van der Waals surface area contributed by atoms with Crippen LogP contribution in [-0.2, 0) is 4.84 Å². The number of hydrogen-bond acceptors (Lipinski definition) is 5. The van der Waals surface area contributed by atoms with Gasteiger partial charge in [-0.3, -0.25) is 0 Å². The van der Waals surface area contributed by atoms with Crippen LogP contribution in [0.1, 0.15) is 26.2 Å². The molecular weight excluding hydrogens is 220 g/mol. The molecule has 0 radical (unpaired) electrons. The number of aromatic hydroxyl groups is 1. The van der Waals surface area contributed by atoms with Crippen LogP contribution < -0.4 is 0 Å². The summed E-state index contributed by atoms with van der Waals surface area (Å²) in [7, 11) is 0. The Labute approximate surface area is 101 Å². The Morgan fingerprint density at radius 2 is 2.12 bits per heavy atom. The van der Waals surface area contributed by atoms with Gasteiger partial charge in [-0.25, -0.2) is 0 Å². The van der Waals surface area contributed by atoms with E-state index in [9.17, 15) is 10.2 Å². The highest BCUT2D eigenvalue weighted by Crippen LogP contribution is 2.24. The minimum Gasteiger partial charge on any atom is -0.506 e. The quantitative estimate of drug-likeness (QED) is 0.435. The van der Waals surface area contributed by atoms with Gasteiger partial charge >= 0.3 is 0 Å². The molecule has 0 heterocycles. The van der Waals surface area contributed by atoms with Crippen LogP contribution >= 0.6 is 0 Å². The van der Waals surface area contributed by atoms with Gasteiger partial charge in [0.1, 0.15) is 18.0 Å². The number of hydrogen-bond donors (Lipinski definition) is 2. The van der Waals surface area contributed by atoms with Gasteiger partial charge in [0.25, 0.3) is 0 Å². The Balaban J connectivity index is 2.21. The maximum Gasteiger partial charge on any atom is 0.143 e. The fourth-order valence-electron chi connectivity index (χ4n) is 1.25. The summed E-state index contributed by atoms with van der Waals surface area (Å²) >= 11 is 0. The van der Waals surface area contributed by atoms with Crippen molar-refractivity contribution in [3.8, 4) is 5.75 Å². The normalized spacial score (nSPS) is 12.8. The molecule has 94 valence electrons. The van der Waals surface area contributed by atoms with E-state index in [0.717, 1.165) is 12.8 Å². The van der Waals surface area contributed by atoms with Crippen LogP contribution in [0.3, 0.4) is 0 Å². The van der Waals surface area contributed by atoms with Crippen molar-refractivity contribution in [3.05, 3.63) is 24.3 Å². The van der Waals surface area contributed by atoms with Gasteiger partial charge in [0.2, 0.25) is 0 Å². The second-order valence-electron chi connectivity index (χ2n) is 3.71. The van der Waals surface area contributed by atoms with Crippen LogP contribution in [0.15, 0.2) is 34.7 Å². The van der Waals surface area contributed by atoms with E-state index in [2.05, 4.69) is 10.4 Å². The molecule has 5 heteroatoms. The monoisotopic (exact) mass is 238 g/mol. The average molecular weight is 238 g/mol. The molecule has 0 spiro atoms. The predicted octanol–water partition coefficient (Wildman–Crippen LogP) is 2.96. The van der Waals surface area contributed by atoms with E-state index in [1.165, 1.54) is 6.07 Å². The first-order valence-electron chi connectivity index (χ1n) is 5.73. The van der Waals surface area contributed by atoms with Crippen LogP contribution in [0.25, 0.3) is 0 Å². The smallest absolute Gasteiger partial charge is 0.143 e. The van der Waals surface area contributed by atoms with Crippen LogP contribution in [0, 0.1) is 0 Å². The molecule has 1 atom stereocenters. The van der Waals surface area contributed by atoms with E-state index in [-0.39, 0.29) is 11.9 Å². The zero-order valence-corrected chi connectivity index (χ0v) is 9.91. The molecule has 0 fully saturated rings. The number of benzene rings is 1. The summed E-state index contributed by atoms with van der Waals surface area (Å²) in [5, 5.41) is 25.9. The highest BCUT2D eigenvalue weighted by Gasteiger charge is 2.00. The summed E-state index contributed by atoms with van der Waals surface area (Å²) in [5.41, 5.74) is 0.376. The second-order valence-corrected chi connectivity index (χ2v) is 3.71. The van der Waals surface area contributed by atoms with Crippen LogP contribution in [-0.4, -0.2) is 22.9 Å². The largest absolute Gasteiger partial charge is 0.506 e. The van der Waals surface area contributed by atoms with E-state index >= 15 is 0 Å². The van der Waals surface area contributed by atoms with Crippen molar-refractivity contribution in [1.82, 2.24) is 0 Å². The van der Waals surface area contributed by atoms with E-state index in [1.807, 2.05) is 6.92 Å². The number of rotatable bonds is 7. The summed E-state index contributed by atoms with van der Waals surface area (Å²) < 4.78 is 0. The first-order chi connectivity index (χ1) is 8.24. The summed E-state index contributed by atoms with van der Waals surface area (Å²) in [6.07, 6.45) is 1.91. The number of nitrogens with zero attached hydrogens (tertiary/aromatic N) is 2. The standard InChI is InChI=1S/C12H18N2O3/c1-2-10(15)6-5-9-17-14-13-11-7-3-4-8-12(11)16/h3-4,7-8,10,15-16H,2,5-6,9H2,1H3. The molecule has 0 saturated heterocycles. The molecule has 0 aliphatic heterocycles. The molecule has 0 aromatic heterocycles. The third-order valence-corrected chi connectivity index (χ3v) is 2.33. The van der Waals surface area contributed by atoms with Crippen molar-refractivity contribution in [2.24, 2.45) is 10.4 Å².